The van der Waals surface area contributed by atoms with Gasteiger partial charge in [0.25, 0.3) is 5.69 Å². The molecule has 4 aromatic rings. The van der Waals surface area contributed by atoms with Gasteiger partial charge in [0, 0.05) is 18.0 Å². The summed E-state index contributed by atoms with van der Waals surface area (Å²) in [5.74, 6) is 1.57. The molecule has 2 aromatic heterocycles. The molecule has 3 heterocycles. The van der Waals surface area contributed by atoms with Crippen LogP contribution in [0.3, 0.4) is 0 Å². The van der Waals surface area contributed by atoms with Crippen LogP contribution in [-0.2, 0) is 0 Å². The molecule has 0 saturated carbocycles. The van der Waals surface area contributed by atoms with Gasteiger partial charge in [-0.1, -0.05) is 18.2 Å². The summed E-state index contributed by atoms with van der Waals surface area (Å²) in [7, 11) is 1.47. The summed E-state index contributed by atoms with van der Waals surface area (Å²) in [6.07, 6.45) is 1.75. The van der Waals surface area contributed by atoms with Crippen LogP contribution in [0, 0.1) is 17.0 Å². The van der Waals surface area contributed by atoms with E-state index in [1.807, 2.05) is 60.4 Å². The molecule has 1 saturated heterocycles. The Morgan fingerprint density at radius 3 is 2.69 bits per heavy atom. The molecule has 0 spiro atoms. The molecule has 0 unspecified atom stereocenters. The van der Waals surface area contributed by atoms with Crippen LogP contribution in [0.25, 0.3) is 11.3 Å². The number of hydrogen-bond donors (Lipinski definition) is 1. The van der Waals surface area contributed by atoms with E-state index in [4.69, 9.17) is 21.4 Å². The number of furan rings is 1. The molecule has 0 radical (unpaired) electrons. The predicted octanol–water partition coefficient (Wildman–Crippen LogP) is 5.74. The zero-order chi connectivity index (χ0) is 24.5. The van der Waals surface area contributed by atoms with Crippen LogP contribution in [0.4, 0.5) is 11.4 Å². The maximum absolute atomic E-state index is 11.2. The number of anilines is 1. The van der Waals surface area contributed by atoms with Crippen molar-refractivity contribution in [2.24, 2.45) is 0 Å². The second-order valence-electron chi connectivity index (χ2n) is 8.18. The Morgan fingerprint density at radius 1 is 1.11 bits per heavy atom. The molecule has 1 N–H and O–H groups in total. The number of non-ortho nitro benzene ring substituents is 1. The van der Waals surface area contributed by atoms with Crippen molar-refractivity contribution in [2.75, 3.05) is 12.0 Å². The lowest BCUT2D eigenvalue weighted by molar-refractivity contribution is -0.384. The van der Waals surface area contributed by atoms with Crippen molar-refractivity contribution in [1.29, 1.82) is 0 Å². The second-order valence-corrected chi connectivity index (χ2v) is 8.57. The number of nitrogens with one attached hydrogen (secondary N) is 1. The van der Waals surface area contributed by atoms with Gasteiger partial charge in [-0.25, -0.2) is 0 Å². The van der Waals surface area contributed by atoms with Crippen molar-refractivity contribution in [2.45, 2.75) is 19.0 Å². The molecule has 0 amide bonds. The third kappa shape index (κ3) is 4.22. The van der Waals surface area contributed by atoms with Gasteiger partial charge in [0.15, 0.2) is 5.11 Å². The van der Waals surface area contributed by atoms with Gasteiger partial charge in [-0.3, -0.25) is 15.1 Å². The Kier molecular flexibility index (Phi) is 5.92. The van der Waals surface area contributed by atoms with Crippen LogP contribution >= 0.6 is 12.2 Å². The van der Waals surface area contributed by atoms with Crippen molar-refractivity contribution in [3.05, 3.63) is 106 Å². The van der Waals surface area contributed by atoms with E-state index < -0.39 is 4.92 Å². The molecular weight excluding hydrogens is 464 g/mol. The van der Waals surface area contributed by atoms with E-state index in [-0.39, 0.29) is 17.8 Å². The topological polar surface area (TPSA) is 93.7 Å². The number of aryl methyl sites for hydroxylation is 1. The summed E-state index contributed by atoms with van der Waals surface area (Å²) in [5, 5.41) is 15.2. The molecule has 176 valence electrons. The van der Waals surface area contributed by atoms with Crippen LogP contribution in [0.1, 0.15) is 29.1 Å². The van der Waals surface area contributed by atoms with Crippen molar-refractivity contribution in [3.8, 4) is 17.1 Å². The highest BCUT2D eigenvalue weighted by atomic mass is 32.1. The SMILES string of the molecule is COc1cc([N+](=O)[O-])ccc1-c1ccc([C@H]2[C@H](c3ccccn3)NC(=S)N2c2cccc(C)c2)o1. The minimum Gasteiger partial charge on any atom is -0.496 e. The highest BCUT2D eigenvalue weighted by molar-refractivity contribution is 7.80. The highest BCUT2D eigenvalue weighted by Gasteiger charge is 2.42. The van der Waals surface area contributed by atoms with Crippen LogP contribution in [0.5, 0.6) is 5.75 Å². The Labute approximate surface area is 207 Å². The number of nitro benzene ring substituents is 1. The normalized spacial score (nSPS) is 17.3. The number of hydrogen-bond acceptors (Lipinski definition) is 6. The maximum atomic E-state index is 11.2. The van der Waals surface area contributed by atoms with Crippen molar-refractivity contribution < 1.29 is 14.1 Å². The highest BCUT2D eigenvalue weighted by Crippen LogP contribution is 2.44. The molecule has 5 rings (SSSR count). The van der Waals surface area contributed by atoms with E-state index in [2.05, 4.69) is 16.4 Å². The summed E-state index contributed by atoms with van der Waals surface area (Å²) in [4.78, 5) is 17.3. The zero-order valence-corrected chi connectivity index (χ0v) is 19.9. The van der Waals surface area contributed by atoms with E-state index in [0.29, 0.717) is 27.9 Å². The van der Waals surface area contributed by atoms with Gasteiger partial charge in [-0.15, -0.1) is 0 Å². The fourth-order valence-electron chi connectivity index (χ4n) is 4.35. The van der Waals surface area contributed by atoms with E-state index in [9.17, 15) is 10.1 Å². The second kappa shape index (κ2) is 9.19. The summed E-state index contributed by atoms with van der Waals surface area (Å²) in [6.45, 7) is 2.03. The molecule has 9 heteroatoms. The first-order valence-corrected chi connectivity index (χ1v) is 11.4. The van der Waals surface area contributed by atoms with Gasteiger partial charge in [0.05, 0.1) is 35.4 Å². The molecule has 0 bridgehead atoms. The Morgan fingerprint density at radius 2 is 1.97 bits per heavy atom. The largest absolute Gasteiger partial charge is 0.496 e. The fraction of sp³-hybridized carbons (Fsp3) is 0.154. The zero-order valence-electron chi connectivity index (χ0n) is 19.0. The average molecular weight is 487 g/mol. The lowest BCUT2D eigenvalue weighted by Crippen LogP contribution is -2.29. The number of ether oxygens (including phenoxy) is 1. The van der Waals surface area contributed by atoms with Gasteiger partial charge in [0.2, 0.25) is 0 Å². The van der Waals surface area contributed by atoms with Crippen LogP contribution in [0.15, 0.2) is 83.4 Å². The number of nitrogens with zero attached hydrogens (tertiary/aromatic N) is 3. The summed E-state index contributed by atoms with van der Waals surface area (Å²) < 4.78 is 11.8. The molecular formula is C26H22N4O4S. The number of rotatable bonds is 6. The van der Waals surface area contributed by atoms with Crippen molar-refractivity contribution in [1.82, 2.24) is 10.3 Å². The Bertz CT molecular complexity index is 1410. The Hall–Kier alpha value is -4.24. The third-order valence-electron chi connectivity index (χ3n) is 5.96. The summed E-state index contributed by atoms with van der Waals surface area (Å²) in [5.41, 5.74) is 3.46. The van der Waals surface area contributed by atoms with Gasteiger partial charge in [-0.05, 0) is 67.2 Å². The first-order chi connectivity index (χ1) is 17.0. The smallest absolute Gasteiger partial charge is 0.273 e. The lowest BCUT2D eigenvalue weighted by Gasteiger charge is -2.26. The first-order valence-electron chi connectivity index (χ1n) is 11.0. The number of nitro groups is 1. The van der Waals surface area contributed by atoms with Gasteiger partial charge >= 0.3 is 0 Å². The van der Waals surface area contributed by atoms with Crippen molar-refractivity contribution >= 4 is 28.7 Å². The quantitative estimate of drug-likeness (QED) is 0.209. The fourth-order valence-corrected chi connectivity index (χ4v) is 4.70. The summed E-state index contributed by atoms with van der Waals surface area (Å²) >= 11 is 5.76. The van der Waals surface area contributed by atoms with E-state index >= 15 is 0 Å². The number of thiocarbonyl (C=S) groups is 1. The molecule has 35 heavy (non-hydrogen) atoms. The predicted molar refractivity (Wildman–Crippen MR) is 136 cm³/mol. The van der Waals surface area contributed by atoms with E-state index in [0.717, 1.165) is 16.9 Å². The average Bonchev–Trinajstić information content (AvgIpc) is 3.48. The Balaban J connectivity index is 1.60. The molecule has 0 aliphatic carbocycles. The number of aromatic nitrogens is 1. The van der Waals surface area contributed by atoms with Gasteiger partial charge < -0.3 is 19.4 Å². The van der Waals surface area contributed by atoms with Crippen LogP contribution < -0.4 is 15.0 Å². The van der Waals surface area contributed by atoms with Gasteiger partial charge in [0.1, 0.15) is 23.3 Å². The van der Waals surface area contributed by atoms with E-state index in [1.165, 1.54) is 19.2 Å². The third-order valence-corrected chi connectivity index (χ3v) is 6.27. The molecule has 1 aliphatic rings. The van der Waals surface area contributed by atoms with E-state index in [1.54, 1.807) is 12.3 Å². The van der Waals surface area contributed by atoms with Gasteiger partial charge in [-0.2, -0.15) is 0 Å². The maximum Gasteiger partial charge on any atom is 0.273 e. The number of benzene rings is 2. The number of pyridine rings is 1. The van der Waals surface area contributed by atoms with Crippen LogP contribution in [0.2, 0.25) is 0 Å². The lowest BCUT2D eigenvalue weighted by atomic mass is 10.0. The molecule has 8 nitrogen and oxygen atoms in total. The number of methoxy groups -OCH3 is 1. The molecule has 2 atom stereocenters. The minimum atomic E-state index is -0.456. The molecule has 1 aliphatic heterocycles. The summed E-state index contributed by atoms with van der Waals surface area (Å²) in [6, 6.07) is 21.5. The first kappa shape index (κ1) is 22.5. The monoisotopic (exact) mass is 486 g/mol. The minimum absolute atomic E-state index is 0.0523. The standard InChI is InChI=1S/C26H22N4O4S/c1-16-6-5-7-17(14-16)29-25(24(28-26(29)35)20-8-3-4-13-27-20)22-12-11-21(34-22)19-10-9-18(30(31)32)15-23(19)33-2/h3-15,24-25H,1-2H3,(H,28,35)/t24-,25-/m0/s1. The molecule has 1 fully saturated rings. The van der Waals surface area contributed by atoms with Crippen LogP contribution in [-0.4, -0.2) is 22.1 Å². The van der Waals surface area contributed by atoms with Crippen molar-refractivity contribution in [3.63, 3.8) is 0 Å². The molecule has 2 aromatic carbocycles.